The van der Waals surface area contributed by atoms with Crippen LogP contribution in [-0.2, 0) is 21.1 Å². The molecule has 0 unspecified atom stereocenters. The minimum atomic E-state index is -3.20. The largest absolute Gasteiger partial charge is 0.353 e. The average Bonchev–Trinajstić information content (AvgIpc) is 3.62. The van der Waals surface area contributed by atoms with E-state index >= 15 is 0 Å². The van der Waals surface area contributed by atoms with Crippen molar-refractivity contribution in [2.75, 3.05) is 17.3 Å². The lowest BCUT2D eigenvalue weighted by Gasteiger charge is -2.07. The van der Waals surface area contributed by atoms with Crippen molar-refractivity contribution in [2.24, 2.45) is 0 Å². The van der Waals surface area contributed by atoms with Crippen molar-refractivity contribution in [1.82, 2.24) is 30.1 Å². The third-order valence-electron chi connectivity index (χ3n) is 7.28. The molecule has 0 spiro atoms. The maximum Gasteiger partial charge on any atom is 0.224 e. The SMILES string of the molecule is CCCCC(=O)Nc1cncc(-c2ccc3[nH]nc(-c4cc5c(-c6cc(F)cc(CCS(C)(=O)=O)c6)nccc5[nH]4)c3n2)c1. The third kappa shape index (κ3) is 6.35. The van der Waals surface area contributed by atoms with Gasteiger partial charge in [0.1, 0.15) is 26.9 Å². The summed E-state index contributed by atoms with van der Waals surface area (Å²) in [5.41, 5.74) is 7.12. The van der Waals surface area contributed by atoms with Crippen molar-refractivity contribution < 1.29 is 17.6 Å². The van der Waals surface area contributed by atoms with Crippen LogP contribution in [0, 0.1) is 5.82 Å². The highest BCUT2D eigenvalue weighted by Crippen LogP contribution is 2.34. The summed E-state index contributed by atoms with van der Waals surface area (Å²) in [4.78, 5) is 29.3. The second-order valence-corrected chi connectivity index (χ2v) is 13.1. The standard InChI is InChI=1S/C32H30FN7O3S/c1-3-4-5-29(41)36-23-15-21(17-34-18-23)25-6-7-27-31(38-25)32(40-39-27)28-16-24-26(37-28)8-10-35-30(24)20-12-19(13-22(33)14-20)9-11-44(2,42)43/h6-8,10,12-18,37H,3-5,9,11H2,1-2H3,(H,36,41)(H,39,40). The number of aromatic nitrogens is 6. The first-order chi connectivity index (χ1) is 21.2. The fourth-order valence-corrected chi connectivity index (χ4v) is 5.71. The number of rotatable bonds is 10. The van der Waals surface area contributed by atoms with Gasteiger partial charge in [0.15, 0.2) is 0 Å². The first-order valence-corrected chi connectivity index (χ1v) is 16.3. The summed E-state index contributed by atoms with van der Waals surface area (Å²) in [6.45, 7) is 2.04. The van der Waals surface area contributed by atoms with Gasteiger partial charge < -0.3 is 10.3 Å². The molecule has 224 valence electrons. The van der Waals surface area contributed by atoms with Gasteiger partial charge in [-0.1, -0.05) is 13.3 Å². The number of hydrogen-bond donors (Lipinski definition) is 3. The average molecular weight is 612 g/mol. The number of carbonyl (C=O) groups excluding carboxylic acids is 1. The van der Waals surface area contributed by atoms with E-state index in [1.807, 2.05) is 37.3 Å². The molecule has 0 saturated heterocycles. The first-order valence-electron chi connectivity index (χ1n) is 14.2. The van der Waals surface area contributed by atoms with Crippen LogP contribution in [0.15, 0.2) is 67.1 Å². The molecule has 12 heteroatoms. The molecule has 0 fully saturated rings. The van der Waals surface area contributed by atoms with Gasteiger partial charge in [0.2, 0.25) is 5.91 Å². The van der Waals surface area contributed by atoms with Crippen LogP contribution in [0.5, 0.6) is 0 Å². The highest BCUT2D eigenvalue weighted by atomic mass is 32.2. The normalized spacial score (nSPS) is 11.8. The molecule has 0 aliphatic rings. The highest BCUT2D eigenvalue weighted by Gasteiger charge is 2.17. The Hall–Kier alpha value is -4.97. The monoisotopic (exact) mass is 611 g/mol. The molecule has 44 heavy (non-hydrogen) atoms. The molecule has 1 amide bonds. The van der Waals surface area contributed by atoms with E-state index in [0.29, 0.717) is 51.5 Å². The molecule has 0 atom stereocenters. The van der Waals surface area contributed by atoms with Gasteiger partial charge in [-0.15, -0.1) is 0 Å². The maximum absolute atomic E-state index is 14.6. The van der Waals surface area contributed by atoms with Crippen LogP contribution in [0.25, 0.3) is 55.8 Å². The van der Waals surface area contributed by atoms with E-state index in [-0.39, 0.29) is 18.1 Å². The number of nitrogens with one attached hydrogen (secondary N) is 3. The smallest absolute Gasteiger partial charge is 0.224 e. The molecule has 3 N–H and O–H groups in total. The number of H-pyrrole nitrogens is 2. The first kappa shape index (κ1) is 29.1. The van der Waals surface area contributed by atoms with E-state index in [1.165, 1.54) is 12.1 Å². The number of fused-ring (bicyclic) bond motifs is 2. The number of hydrogen-bond acceptors (Lipinski definition) is 7. The lowest BCUT2D eigenvalue weighted by molar-refractivity contribution is -0.116. The number of unbranched alkanes of at least 4 members (excludes halogenated alkanes) is 1. The maximum atomic E-state index is 14.6. The number of halogens is 1. The molecule has 1 aromatic carbocycles. The Morgan fingerprint density at radius 2 is 1.86 bits per heavy atom. The lowest BCUT2D eigenvalue weighted by atomic mass is 10.0. The number of sulfone groups is 1. The van der Waals surface area contributed by atoms with Gasteiger partial charge in [-0.3, -0.25) is 19.9 Å². The molecular weight excluding hydrogens is 581 g/mol. The van der Waals surface area contributed by atoms with Crippen molar-refractivity contribution in [3.8, 4) is 33.9 Å². The number of anilines is 1. The molecule has 0 radical (unpaired) electrons. The number of aromatic amines is 2. The summed E-state index contributed by atoms with van der Waals surface area (Å²) in [5.74, 6) is -0.589. The number of aryl methyl sites for hydroxylation is 1. The van der Waals surface area contributed by atoms with Gasteiger partial charge in [0.25, 0.3) is 0 Å². The minimum absolute atomic E-state index is 0.0534. The summed E-state index contributed by atoms with van der Waals surface area (Å²) in [7, 11) is -3.20. The Kier molecular flexibility index (Phi) is 7.92. The van der Waals surface area contributed by atoms with E-state index in [1.54, 1.807) is 24.7 Å². The number of amides is 1. The van der Waals surface area contributed by atoms with Gasteiger partial charge >= 0.3 is 0 Å². The van der Waals surface area contributed by atoms with Gasteiger partial charge in [-0.05, 0) is 66.9 Å². The van der Waals surface area contributed by atoms with Gasteiger partial charge in [-0.2, -0.15) is 5.10 Å². The zero-order chi connectivity index (χ0) is 30.8. The van der Waals surface area contributed by atoms with E-state index < -0.39 is 15.7 Å². The van der Waals surface area contributed by atoms with Crippen LogP contribution in [0.1, 0.15) is 31.7 Å². The van der Waals surface area contributed by atoms with E-state index in [9.17, 15) is 17.6 Å². The van der Waals surface area contributed by atoms with Gasteiger partial charge in [0, 0.05) is 47.1 Å². The second kappa shape index (κ2) is 12.0. The van der Waals surface area contributed by atoms with E-state index in [4.69, 9.17) is 4.98 Å². The zero-order valence-electron chi connectivity index (χ0n) is 24.2. The van der Waals surface area contributed by atoms with Crippen molar-refractivity contribution in [3.05, 3.63) is 78.5 Å². The van der Waals surface area contributed by atoms with Gasteiger partial charge in [0.05, 0.1) is 40.2 Å². The Bertz CT molecular complexity index is 2120. The summed E-state index contributed by atoms with van der Waals surface area (Å²) in [6.07, 6.45) is 8.52. The van der Waals surface area contributed by atoms with E-state index in [0.717, 1.165) is 41.1 Å². The molecule has 6 rings (SSSR count). The summed E-state index contributed by atoms with van der Waals surface area (Å²) < 4.78 is 38.0. The van der Waals surface area contributed by atoms with Crippen LogP contribution in [-0.4, -0.2) is 56.5 Å². The summed E-state index contributed by atoms with van der Waals surface area (Å²) >= 11 is 0. The van der Waals surface area contributed by atoms with Crippen LogP contribution >= 0.6 is 0 Å². The molecule has 0 aliphatic carbocycles. The molecule has 5 aromatic heterocycles. The van der Waals surface area contributed by atoms with Crippen molar-refractivity contribution in [3.63, 3.8) is 0 Å². The predicted octanol–water partition coefficient (Wildman–Crippen LogP) is 6.09. The summed E-state index contributed by atoms with van der Waals surface area (Å²) in [6, 6.07) is 13.8. The number of pyridine rings is 3. The Balaban J connectivity index is 1.35. The fourth-order valence-electron chi connectivity index (χ4n) is 5.10. The third-order valence-corrected chi connectivity index (χ3v) is 8.22. The lowest BCUT2D eigenvalue weighted by Crippen LogP contribution is -2.11. The Morgan fingerprint density at radius 1 is 1.00 bits per heavy atom. The fraction of sp³-hybridized carbons (Fsp3) is 0.219. The number of nitrogens with zero attached hydrogens (tertiary/aromatic N) is 4. The minimum Gasteiger partial charge on any atom is -0.353 e. The highest BCUT2D eigenvalue weighted by molar-refractivity contribution is 7.90. The van der Waals surface area contributed by atoms with Crippen molar-refractivity contribution >= 4 is 43.4 Å². The van der Waals surface area contributed by atoms with Crippen LogP contribution in [0.4, 0.5) is 10.1 Å². The molecule has 0 saturated carbocycles. The predicted molar refractivity (Wildman–Crippen MR) is 169 cm³/mol. The molecule has 6 aromatic rings. The Morgan fingerprint density at radius 3 is 2.68 bits per heavy atom. The molecule has 0 bridgehead atoms. The van der Waals surface area contributed by atoms with Crippen LogP contribution < -0.4 is 5.32 Å². The molecule has 5 heterocycles. The topological polar surface area (TPSA) is 146 Å². The number of carbonyl (C=O) groups is 1. The van der Waals surface area contributed by atoms with Crippen molar-refractivity contribution in [1.29, 1.82) is 0 Å². The Labute approximate surface area is 253 Å². The zero-order valence-corrected chi connectivity index (χ0v) is 25.0. The van der Waals surface area contributed by atoms with Crippen LogP contribution in [0.3, 0.4) is 0 Å². The quantitative estimate of drug-likeness (QED) is 0.170. The van der Waals surface area contributed by atoms with E-state index in [2.05, 4.69) is 30.5 Å². The number of benzene rings is 1. The molecule has 0 aliphatic heterocycles. The second-order valence-electron chi connectivity index (χ2n) is 10.8. The van der Waals surface area contributed by atoms with Crippen LogP contribution in [0.2, 0.25) is 0 Å². The molecule has 10 nitrogen and oxygen atoms in total. The summed E-state index contributed by atoms with van der Waals surface area (Å²) in [5, 5.41) is 11.2. The van der Waals surface area contributed by atoms with Crippen molar-refractivity contribution in [2.45, 2.75) is 32.6 Å². The molecular formula is C32H30FN7O3S. The van der Waals surface area contributed by atoms with Gasteiger partial charge in [-0.25, -0.2) is 17.8 Å².